The number of amides is 1. The van der Waals surface area contributed by atoms with E-state index in [2.05, 4.69) is 5.32 Å². The molecule has 0 spiro atoms. The van der Waals surface area contributed by atoms with Crippen LogP contribution in [-0.2, 0) is 14.8 Å². The molecule has 1 aliphatic rings. The van der Waals surface area contributed by atoms with Crippen LogP contribution in [-0.4, -0.2) is 37.5 Å². The van der Waals surface area contributed by atoms with E-state index in [9.17, 15) is 13.2 Å². The number of hydrogen-bond donors (Lipinski definition) is 1. The monoisotopic (exact) mass is 356 g/mol. The number of nitrogens with zero attached hydrogens (tertiary/aromatic N) is 1. The molecular formula is C16H24N2O3S2. The molecule has 0 aliphatic carbocycles. The van der Waals surface area contributed by atoms with Gasteiger partial charge in [-0.05, 0) is 24.6 Å². The molecule has 1 aromatic rings. The Kier molecular flexibility index (Phi) is 6.11. The molecule has 1 heterocycles. The van der Waals surface area contributed by atoms with Crippen molar-refractivity contribution >= 4 is 33.4 Å². The Labute approximate surface area is 142 Å². The second-order valence-corrected chi connectivity index (χ2v) is 8.71. The van der Waals surface area contributed by atoms with Crippen molar-refractivity contribution in [2.24, 2.45) is 5.92 Å². The van der Waals surface area contributed by atoms with Crippen LogP contribution in [0.5, 0.6) is 0 Å². The second-order valence-electron chi connectivity index (χ2n) is 5.71. The Morgan fingerprint density at radius 2 is 2.09 bits per heavy atom. The smallest absolute Gasteiger partial charge is 0.243 e. The molecule has 0 radical (unpaired) electrons. The molecule has 128 valence electrons. The van der Waals surface area contributed by atoms with Crippen LogP contribution in [0, 0.1) is 5.92 Å². The van der Waals surface area contributed by atoms with Crippen LogP contribution in [0.2, 0.25) is 0 Å². The summed E-state index contributed by atoms with van der Waals surface area (Å²) < 4.78 is 27.1. The zero-order chi connectivity index (χ0) is 17.0. The fraction of sp³-hybridized carbons (Fsp3) is 0.562. The van der Waals surface area contributed by atoms with Crippen LogP contribution in [0.25, 0.3) is 0 Å². The van der Waals surface area contributed by atoms with Gasteiger partial charge in [-0.25, -0.2) is 8.42 Å². The maximum absolute atomic E-state index is 12.8. The lowest BCUT2D eigenvalue weighted by Crippen LogP contribution is -2.32. The van der Waals surface area contributed by atoms with E-state index >= 15 is 0 Å². The number of sulfonamides is 1. The van der Waals surface area contributed by atoms with E-state index in [0.717, 1.165) is 17.7 Å². The predicted octanol–water partition coefficient (Wildman–Crippen LogP) is 3.18. The van der Waals surface area contributed by atoms with Gasteiger partial charge in [0.1, 0.15) is 0 Å². The molecule has 1 aromatic carbocycles. The van der Waals surface area contributed by atoms with E-state index < -0.39 is 10.0 Å². The van der Waals surface area contributed by atoms with Gasteiger partial charge in [0.15, 0.2) is 0 Å². The first-order chi connectivity index (χ1) is 10.9. The van der Waals surface area contributed by atoms with Gasteiger partial charge in [-0.15, -0.1) is 11.8 Å². The van der Waals surface area contributed by atoms with Crippen LogP contribution in [0.3, 0.4) is 0 Å². The van der Waals surface area contributed by atoms with E-state index in [-0.39, 0.29) is 16.7 Å². The van der Waals surface area contributed by atoms with Crippen molar-refractivity contribution in [1.82, 2.24) is 4.31 Å². The van der Waals surface area contributed by atoms with Gasteiger partial charge in [0.05, 0.1) is 10.6 Å². The first-order valence-electron chi connectivity index (χ1n) is 7.98. The highest BCUT2D eigenvalue weighted by atomic mass is 32.2. The summed E-state index contributed by atoms with van der Waals surface area (Å²) in [6.07, 6.45) is 1.78. The predicted molar refractivity (Wildman–Crippen MR) is 94.3 cm³/mol. The minimum atomic E-state index is -3.53. The number of nitrogens with one attached hydrogen (secondary N) is 1. The molecule has 23 heavy (non-hydrogen) atoms. The third-order valence-electron chi connectivity index (χ3n) is 3.90. The number of fused-ring (bicyclic) bond motifs is 1. The van der Waals surface area contributed by atoms with Crippen molar-refractivity contribution in [3.63, 3.8) is 0 Å². The van der Waals surface area contributed by atoms with Gasteiger partial charge in [0.2, 0.25) is 15.9 Å². The SMILES string of the molecule is CCCCN(CC)S(=O)(=O)c1ccc2c(c1)NC(=O)[C@@H](C)CS2. The van der Waals surface area contributed by atoms with Crippen LogP contribution in [0.15, 0.2) is 28.0 Å². The van der Waals surface area contributed by atoms with Crippen molar-refractivity contribution in [2.75, 3.05) is 24.2 Å². The largest absolute Gasteiger partial charge is 0.325 e. The first-order valence-corrected chi connectivity index (χ1v) is 10.4. The fourth-order valence-corrected chi connectivity index (χ4v) is 4.90. The first kappa shape index (κ1) is 18.3. The molecule has 1 aliphatic heterocycles. The fourth-order valence-electron chi connectivity index (χ4n) is 2.37. The third-order valence-corrected chi connectivity index (χ3v) is 7.20. The molecule has 1 atom stereocenters. The van der Waals surface area contributed by atoms with Gasteiger partial charge in [-0.1, -0.05) is 27.2 Å². The van der Waals surface area contributed by atoms with E-state index in [1.807, 2.05) is 20.8 Å². The average Bonchev–Trinajstić information content (AvgIpc) is 2.66. The van der Waals surface area contributed by atoms with Crippen molar-refractivity contribution in [2.45, 2.75) is 43.4 Å². The van der Waals surface area contributed by atoms with E-state index in [4.69, 9.17) is 0 Å². The standard InChI is InChI=1S/C16H24N2O3S2/c1-4-6-9-18(5-2)23(20,21)13-7-8-15-14(10-13)17-16(19)12(3)11-22-15/h7-8,10,12H,4-6,9,11H2,1-3H3,(H,17,19)/t12-/m0/s1. The highest BCUT2D eigenvalue weighted by molar-refractivity contribution is 7.99. The van der Waals surface area contributed by atoms with Crippen LogP contribution in [0.4, 0.5) is 5.69 Å². The molecule has 0 saturated carbocycles. The maximum atomic E-state index is 12.8. The van der Waals surface area contributed by atoms with E-state index in [1.54, 1.807) is 30.0 Å². The topological polar surface area (TPSA) is 66.5 Å². The van der Waals surface area contributed by atoms with Gasteiger partial charge in [-0.2, -0.15) is 4.31 Å². The summed E-state index contributed by atoms with van der Waals surface area (Å²) in [4.78, 5) is 13.1. The average molecular weight is 357 g/mol. The molecule has 7 heteroatoms. The zero-order valence-electron chi connectivity index (χ0n) is 13.8. The van der Waals surface area contributed by atoms with Crippen LogP contribution in [0.1, 0.15) is 33.6 Å². The van der Waals surface area contributed by atoms with Crippen molar-refractivity contribution < 1.29 is 13.2 Å². The zero-order valence-corrected chi connectivity index (χ0v) is 15.5. The van der Waals surface area contributed by atoms with Crippen molar-refractivity contribution in [1.29, 1.82) is 0 Å². The highest BCUT2D eigenvalue weighted by Crippen LogP contribution is 2.34. The number of thioether (sulfide) groups is 1. The number of anilines is 1. The quantitative estimate of drug-likeness (QED) is 0.850. The molecule has 0 saturated heterocycles. The highest BCUT2D eigenvalue weighted by Gasteiger charge is 2.26. The van der Waals surface area contributed by atoms with Gasteiger partial charge >= 0.3 is 0 Å². The van der Waals surface area contributed by atoms with E-state index in [0.29, 0.717) is 24.5 Å². The third kappa shape index (κ3) is 4.08. The molecular weight excluding hydrogens is 332 g/mol. The molecule has 2 rings (SSSR count). The second kappa shape index (κ2) is 7.68. The molecule has 5 nitrogen and oxygen atoms in total. The Morgan fingerprint density at radius 1 is 1.35 bits per heavy atom. The number of carbonyl (C=O) groups excluding carboxylic acids is 1. The lowest BCUT2D eigenvalue weighted by atomic mass is 10.2. The normalized spacial score (nSPS) is 18.4. The minimum absolute atomic E-state index is 0.0656. The summed E-state index contributed by atoms with van der Waals surface area (Å²) in [5, 5.41) is 2.84. The van der Waals surface area contributed by atoms with Crippen LogP contribution < -0.4 is 5.32 Å². The van der Waals surface area contributed by atoms with E-state index in [1.165, 1.54) is 4.31 Å². The number of benzene rings is 1. The molecule has 0 bridgehead atoms. The number of unbranched alkanes of at least 4 members (excludes halogenated alkanes) is 1. The lowest BCUT2D eigenvalue weighted by Gasteiger charge is -2.21. The van der Waals surface area contributed by atoms with Crippen molar-refractivity contribution in [3.8, 4) is 0 Å². The Bertz CT molecular complexity index is 674. The summed E-state index contributed by atoms with van der Waals surface area (Å²) in [6, 6.07) is 5.01. The van der Waals surface area contributed by atoms with Gasteiger partial charge in [0.25, 0.3) is 0 Å². The Morgan fingerprint density at radius 3 is 2.74 bits per heavy atom. The summed E-state index contributed by atoms with van der Waals surface area (Å²) in [6.45, 7) is 6.71. The Balaban J connectivity index is 2.34. The molecule has 0 aromatic heterocycles. The molecule has 0 unspecified atom stereocenters. The number of carbonyl (C=O) groups is 1. The van der Waals surface area contributed by atoms with Crippen molar-refractivity contribution in [3.05, 3.63) is 18.2 Å². The summed E-state index contributed by atoms with van der Waals surface area (Å²) in [5.41, 5.74) is 0.594. The summed E-state index contributed by atoms with van der Waals surface area (Å²) >= 11 is 1.58. The minimum Gasteiger partial charge on any atom is -0.325 e. The maximum Gasteiger partial charge on any atom is 0.243 e. The molecule has 1 N–H and O–H groups in total. The van der Waals surface area contributed by atoms with Gasteiger partial charge in [0, 0.05) is 29.7 Å². The summed E-state index contributed by atoms with van der Waals surface area (Å²) in [7, 11) is -3.53. The number of hydrogen-bond acceptors (Lipinski definition) is 4. The lowest BCUT2D eigenvalue weighted by molar-refractivity contribution is -0.118. The Hall–Kier alpha value is -1.05. The van der Waals surface area contributed by atoms with Crippen LogP contribution >= 0.6 is 11.8 Å². The molecule has 0 fully saturated rings. The van der Waals surface area contributed by atoms with Gasteiger partial charge < -0.3 is 5.32 Å². The van der Waals surface area contributed by atoms with Gasteiger partial charge in [-0.3, -0.25) is 4.79 Å². The molecule has 1 amide bonds. The summed E-state index contributed by atoms with van der Waals surface area (Å²) in [5.74, 6) is 0.538. The number of rotatable bonds is 6.